The molecule has 6 nitrogen and oxygen atoms in total. The van der Waals surface area contributed by atoms with E-state index in [1.165, 1.54) is 11.8 Å². The fourth-order valence-electron chi connectivity index (χ4n) is 1.93. The number of hydrogen-bond acceptors (Lipinski definition) is 6. The van der Waals surface area contributed by atoms with E-state index in [1.54, 1.807) is 49.0 Å². The van der Waals surface area contributed by atoms with Gasteiger partial charge in [0.05, 0.1) is 9.92 Å². The van der Waals surface area contributed by atoms with Crippen LogP contribution in [0.5, 0.6) is 0 Å². The molecular formula is C17H20N4O2S2. The van der Waals surface area contributed by atoms with Crippen LogP contribution < -0.4 is 15.8 Å². The normalized spacial score (nSPS) is 12.0. The van der Waals surface area contributed by atoms with E-state index in [0.717, 1.165) is 11.3 Å². The van der Waals surface area contributed by atoms with Crippen molar-refractivity contribution in [2.45, 2.75) is 11.8 Å². The molecule has 0 radical (unpaired) electrons. The van der Waals surface area contributed by atoms with E-state index in [4.69, 9.17) is 5.73 Å². The number of sulfonamides is 1. The SMILES string of the molecule is C=C(Nc1ccc(S(=O)(=O)NCC)cc1)S/C=C(\N)c1ccncc1. The van der Waals surface area contributed by atoms with Gasteiger partial charge in [-0.1, -0.05) is 25.3 Å². The zero-order chi connectivity index (χ0) is 18.3. The van der Waals surface area contributed by atoms with Crippen LogP contribution in [0.4, 0.5) is 5.69 Å². The van der Waals surface area contributed by atoms with E-state index in [0.29, 0.717) is 17.3 Å². The average Bonchev–Trinajstić information content (AvgIpc) is 2.61. The summed E-state index contributed by atoms with van der Waals surface area (Å²) in [4.78, 5) is 4.17. The quantitative estimate of drug-likeness (QED) is 0.655. The summed E-state index contributed by atoms with van der Waals surface area (Å²) in [6, 6.07) is 10.1. The van der Waals surface area contributed by atoms with Gasteiger partial charge in [0.25, 0.3) is 0 Å². The van der Waals surface area contributed by atoms with Gasteiger partial charge in [-0.15, -0.1) is 0 Å². The molecular weight excluding hydrogens is 356 g/mol. The summed E-state index contributed by atoms with van der Waals surface area (Å²) < 4.78 is 26.2. The number of aromatic nitrogens is 1. The standard InChI is InChI=1S/C17H20N4O2S2/c1-3-20-25(22,23)16-6-4-15(5-7-16)21-13(2)24-12-17(18)14-8-10-19-11-9-14/h4-12,20-21H,2-3,18H2,1H3/b17-12-. The van der Waals surface area contributed by atoms with Gasteiger partial charge in [-0.2, -0.15) is 0 Å². The lowest BCUT2D eigenvalue weighted by atomic mass is 10.2. The lowest BCUT2D eigenvalue weighted by molar-refractivity contribution is 0.584. The molecule has 2 rings (SSSR count). The van der Waals surface area contributed by atoms with Gasteiger partial charge in [-0.3, -0.25) is 4.98 Å². The molecule has 0 unspecified atom stereocenters. The predicted octanol–water partition coefficient (Wildman–Crippen LogP) is 2.95. The molecule has 0 bridgehead atoms. The molecule has 0 fully saturated rings. The summed E-state index contributed by atoms with van der Waals surface area (Å²) in [5.41, 5.74) is 8.24. The number of anilines is 1. The molecule has 132 valence electrons. The van der Waals surface area contributed by atoms with E-state index in [2.05, 4.69) is 21.6 Å². The van der Waals surface area contributed by atoms with E-state index in [9.17, 15) is 8.42 Å². The van der Waals surface area contributed by atoms with Crippen molar-refractivity contribution in [3.05, 3.63) is 71.4 Å². The smallest absolute Gasteiger partial charge is 0.240 e. The number of nitrogens with zero attached hydrogens (tertiary/aromatic N) is 1. The molecule has 4 N–H and O–H groups in total. The van der Waals surface area contributed by atoms with Crippen molar-refractivity contribution in [3.63, 3.8) is 0 Å². The van der Waals surface area contributed by atoms with Gasteiger partial charge >= 0.3 is 0 Å². The Balaban J connectivity index is 1.97. The van der Waals surface area contributed by atoms with Crippen LogP contribution in [-0.2, 0) is 10.0 Å². The lowest BCUT2D eigenvalue weighted by Crippen LogP contribution is -2.22. The summed E-state index contributed by atoms with van der Waals surface area (Å²) in [5, 5.41) is 5.55. The number of benzene rings is 1. The number of thioether (sulfide) groups is 1. The third-order valence-corrected chi connectivity index (χ3v) is 5.44. The first-order valence-corrected chi connectivity index (χ1v) is 9.87. The zero-order valence-electron chi connectivity index (χ0n) is 13.8. The molecule has 0 aliphatic heterocycles. The van der Waals surface area contributed by atoms with Crippen molar-refractivity contribution in [3.8, 4) is 0 Å². The second-order valence-corrected chi connectivity index (χ2v) is 7.73. The highest BCUT2D eigenvalue weighted by atomic mass is 32.2. The van der Waals surface area contributed by atoms with Crippen LogP contribution in [0.25, 0.3) is 5.70 Å². The molecule has 1 aromatic carbocycles. The van der Waals surface area contributed by atoms with Crippen molar-refractivity contribution >= 4 is 33.2 Å². The molecule has 0 aliphatic rings. The second-order valence-electron chi connectivity index (χ2n) is 5.00. The lowest BCUT2D eigenvalue weighted by Gasteiger charge is -2.09. The van der Waals surface area contributed by atoms with Gasteiger partial charge < -0.3 is 11.1 Å². The molecule has 8 heteroatoms. The summed E-state index contributed by atoms with van der Waals surface area (Å²) in [5.74, 6) is 0. The Hall–Kier alpha value is -2.29. The Bertz CT molecular complexity index is 848. The maximum atomic E-state index is 11.9. The Morgan fingerprint density at radius 1 is 1.24 bits per heavy atom. The van der Waals surface area contributed by atoms with Gasteiger partial charge in [0.2, 0.25) is 10.0 Å². The van der Waals surface area contributed by atoms with Crippen molar-refractivity contribution in [2.75, 3.05) is 11.9 Å². The highest BCUT2D eigenvalue weighted by Crippen LogP contribution is 2.22. The summed E-state index contributed by atoms with van der Waals surface area (Å²) in [6.07, 6.45) is 3.35. The van der Waals surface area contributed by atoms with Crippen LogP contribution >= 0.6 is 11.8 Å². The van der Waals surface area contributed by atoms with E-state index in [-0.39, 0.29) is 4.90 Å². The first kappa shape index (κ1) is 19.0. The van der Waals surface area contributed by atoms with Crippen LogP contribution in [0.15, 0.2) is 70.7 Å². The van der Waals surface area contributed by atoms with E-state index in [1.807, 2.05) is 12.1 Å². The zero-order valence-corrected chi connectivity index (χ0v) is 15.4. The third kappa shape index (κ3) is 5.63. The molecule has 0 aliphatic carbocycles. The number of nitrogens with two attached hydrogens (primary N) is 1. The Morgan fingerprint density at radius 2 is 1.88 bits per heavy atom. The van der Waals surface area contributed by atoms with Gasteiger partial charge in [-0.25, -0.2) is 13.1 Å². The van der Waals surface area contributed by atoms with Gasteiger partial charge in [0.15, 0.2) is 0 Å². The highest BCUT2D eigenvalue weighted by Gasteiger charge is 2.11. The molecule has 1 heterocycles. The second kappa shape index (κ2) is 8.70. The third-order valence-electron chi connectivity index (χ3n) is 3.12. The topological polar surface area (TPSA) is 97.1 Å². The molecule has 0 atom stereocenters. The van der Waals surface area contributed by atoms with Gasteiger partial charge in [0, 0.05) is 41.3 Å². The molecule has 0 spiro atoms. The van der Waals surface area contributed by atoms with Gasteiger partial charge in [0.1, 0.15) is 0 Å². The average molecular weight is 377 g/mol. The number of rotatable bonds is 8. The summed E-state index contributed by atoms with van der Waals surface area (Å²) >= 11 is 1.35. The van der Waals surface area contributed by atoms with Crippen LogP contribution in [0.3, 0.4) is 0 Å². The van der Waals surface area contributed by atoms with E-state index < -0.39 is 10.0 Å². The van der Waals surface area contributed by atoms with Gasteiger partial charge in [-0.05, 0) is 36.4 Å². The Kier molecular flexibility index (Phi) is 6.63. The van der Waals surface area contributed by atoms with Crippen LogP contribution in [-0.4, -0.2) is 19.9 Å². The molecule has 25 heavy (non-hydrogen) atoms. The van der Waals surface area contributed by atoms with Crippen molar-refractivity contribution < 1.29 is 8.42 Å². The molecule has 0 saturated heterocycles. The largest absolute Gasteiger partial charge is 0.398 e. The van der Waals surface area contributed by atoms with Crippen LogP contribution in [0.2, 0.25) is 0 Å². The maximum Gasteiger partial charge on any atom is 0.240 e. The fourth-order valence-corrected chi connectivity index (χ4v) is 3.55. The van der Waals surface area contributed by atoms with Crippen molar-refractivity contribution in [2.24, 2.45) is 5.73 Å². The first-order valence-electron chi connectivity index (χ1n) is 7.50. The van der Waals surface area contributed by atoms with Crippen LogP contribution in [0.1, 0.15) is 12.5 Å². The fraction of sp³-hybridized carbons (Fsp3) is 0.118. The molecule has 0 saturated carbocycles. The Morgan fingerprint density at radius 3 is 2.48 bits per heavy atom. The minimum Gasteiger partial charge on any atom is -0.398 e. The Labute approximate surface area is 152 Å². The van der Waals surface area contributed by atoms with E-state index >= 15 is 0 Å². The summed E-state index contributed by atoms with van der Waals surface area (Å²) in [7, 11) is -3.44. The number of pyridine rings is 1. The molecule has 0 amide bonds. The number of nitrogens with one attached hydrogen (secondary N) is 2. The minimum absolute atomic E-state index is 0.222. The predicted molar refractivity (Wildman–Crippen MR) is 104 cm³/mol. The maximum absolute atomic E-state index is 11.9. The number of hydrogen-bond donors (Lipinski definition) is 3. The van der Waals surface area contributed by atoms with Crippen LogP contribution in [0, 0.1) is 0 Å². The summed E-state index contributed by atoms with van der Waals surface area (Å²) in [6.45, 7) is 6.01. The molecule has 2 aromatic rings. The van der Waals surface area contributed by atoms with Crippen molar-refractivity contribution in [1.29, 1.82) is 0 Å². The highest BCUT2D eigenvalue weighted by molar-refractivity contribution is 8.06. The molecule has 1 aromatic heterocycles. The van der Waals surface area contributed by atoms with Crippen molar-refractivity contribution in [1.82, 2.24) is 9.71 Å². The first-order chi connectivity index (χ1) is 11.9. The monoisotopic (exact) mass is 376 g/mol. The minimum atomic E-state index is -3.44.